The number of esters is 1. The predicted octanol–water partition coefficient (Wildman–Crippen LogP) is 3.35. The van der Waals surface area contributed by atoms with Crippen molar-refractivity contribution in [2.45, 2.75) is 12.5 Å². The number of halogens is 2. The van der Waals surface area contributed by atoms with Gasteiger partial charge >= 0.3 is 5.97 Å². The van der Waals surface area contributed by atoms with E-state index < -0.39 is 17.9 Å². The normalized spacial score (nSPS) is 11.4. The van der Waals surface area contributed by atoms with Gasteiger partial charge in [-0.1, -0.05) is 54.1 Å². The van der Waals surface area contributed by atoms with E-state index in [9.17, 15) is 9.59 Å². The minimum absolute atomic E-state index is 0.0277. The van der Waals surface area contributed by atoms with Crippen LogP contribution in [-0.2, 0) is 16.0 Å². The van der Waals surface area contributed by atoms with E-state index in [-0.39, 0.29) is 18.9 Å². The van der Waals surface area contributed by atoms with Crippen LogP contribution in [0.5, 0.6) is 0 Å². The van der Waals surface area contributed by atoms with Gasteiger partial charge in [-0.25, -0.2) is 4.79 Å². The van der Waals surface area contributed by atoms with Crippen LogP contribution in [0.2, 0.25) is 10.0 Å². The minimum atomic E-state index is -0.933. The Balaban J connectivity index is 2.18. The van der Waals surface area contributed by atoms with Gasteiger partial charge in [0.15, 0.2) is 0 Å². The van der Waals surface area contributed by atoms with Gasteiger partial charge in [-0.15, -0.1) is 0 Å². The molecular formula is C20H19Cl2N3O3. The van der Waals surface area contributed by atoms with Gasteiger partial charge in [-0.05, 0) is 29.8 Å². The smallest absolute Gasteiger partial charge is 0.329 e. The van der Waals surface area contributed by atoms with Crippen molar-refractivity contribution in [2.75, 3.05) is 6.61 Å². The first-order valence-corrected chi connectivity index (χ1v) is 9.04. The molecule has 28 heavy (non-hydrogen) atoms. The van der Waals surface area contributed by atoms with E-state index >= 15 is 0 Å². The molecule has 2 aromatic carbocycles. The van der Waals surface area contributed by atoms with Gasteiger partial charge in [0, 0.05) is 17.5 Å². The number of nitrogen functional groups attached to an aromatic ring is 1. The summed E-state index contributed by atoms with van der Waals surface area (Å²) in [5.41, 5.74) is 6.93. The van der Waals surface area contributed by atoms with Crippen molar-refractivity contribution in [1.29, 1.82) is 5.41 Å². The average Bonchev–Trinajstić information content (AvgIpc) is 2.68. The number of amidine groups is 1. The van der Waals surface area contributed by atoms with Gasteiger partial charge in [-0.3, -0.25) is 10.2 Å². The van der Waals surface area contributed by atoms with Crippen molar-refractivity contribution in [3.63, 3.8) is 0 Å². The van der Waals surface area contributed by atoms with Crippen LogP contribution in [0.4, 0.5) is 0 Å². The first-order chi connectivity index (χ1) is 13.3. The van der Waals surface area contributed by atoms with Gasteiger partial charge in [0.1, 0.15) is 18.5 Å². The molecular weight excluding hydrogens is 401 g/mol. The zero-order valence-electron chi connectivity index (χ0n) is 14.9. The standard InChI is InChI=1S/C20H19Cl2N3O3/c1-2-9-28-20(27)17(11-12-3-8-15(21)16(22)10-12)25-19(26)14-6-4-13(5-7-14)18(23)24/h2-8,10,17H,1,9,11H2,(H3,23,24)(H,25,26)/t17-/m1/s1. The summed E-state index contributed by atoms with van der Waals surface area (Å²) in [7, 11) is 0. The summed E-state index contributed by atoms with van der Waals surface area (Å²) in [4.78, 5) is 24.9. The number of carbonyl (C=O) groups excluding carboxylic acids is 2. The first-order valence-electron chi connectivity index (χ1n) is 8.28. The second-order valence-corrected chi connectivity index (χ2v) is 6.70. The topological polar surface area (TPSA) is 105 Å². The molecule has 4 N–H and O–H groups in total. The van der Waals surface area contributed by atoms with Crippen molar-refractivity contribution in [3.8, 4) is 0 Å². The Morgan fingerprint density at radius 1 is 1.14 bits per heavy atom. The molecule has 2 aromatic rings. The molecule has 0 saturated heterocycles. The largest absolute Gasteiger partial charge is 0.460 e. The van der Waals surface area contributed by atoms with Crippen molar-refractivity contribution < 1.29 is 14.3 Å². The summed E-state index contributed by atoms with van der Waals surface area (Å²) in [6.07, 6.45) is 1.61. The number of hydrogen-bond donors (Lipinski definition) is 3. The number of nitrogens with two attached hydrogens (primary N) is 1. The number of carbonyl (C=O) groups is 2. The molecule has 0 aliphatic carbocycles. The highest BCUT2D eigenvalue weighted by atomic mass is 35.5. The highest BCUT2D eigenvalue weighted by Crippen LogP contribution is 2.23. The van der Waals surface area contributed by atoms with E-state index in [1.165, 1.54) is 18.2 Å². The second kappa shape index (κ2) is 9.92. The van der Waals surface area contributed by atoms with Gasteiger partial charge < -0.3 is 15.8 Å². The lowest BCUT2D eigenvalue weighted by molar-refractivity contribution is -0.144. The molecule has 146 valence electrons. The summed E-state index contributed by atoms with van der Waals surface area (Å²) in [5, 5.41) is 10.8. The van der Waals surface area contributed by atoms with Crippen molar-refractivity contribution >= 4 is 40.9 Å². The molecule has 8 heteroatoms. The highest BCUT2D eigenvalue weighted by Gasteiger charge is 2.23. The molecule has 0 aliphatic rings. The van der Waals surface area contributed by atoms with Gasteiger partial charge in [0.05, 0.1) is 10.0 Å². The molecule has 0 radical (unpaired) electrons. The molecule has 0 spiro atoms. The van der Waals surface area contributed by atoms with Crippen LogP contribution in [0, 0.1) is 5.41 Å². The molecule has 0 saturated carbocycles. The van der Waals surface area contributed by atoms with Crippen LogP contribution in [0.3, 0.4) is 0 Å². The molecule has 0 heterocycles. The van der Waals surface area contributed by atoms with Gasteiger partial charge in [0.2, 0.25) is 0 Å². The average molecular weight is 420 g/mol. The number of ether oxygens (including phenoxy) is 1. The van der Waals surface area contributed by atoms with Crippen LogP contribution < -0.4 is 11.1 Å². The Morgan fingerprint density at radius 3 is 2.36 bits per heavy atom. The van der Waals surface area contributed by atoms with Crippen molar-refractivity contribution in [1.82, 2.24) is 5.32 Å². The predicted molar refractivity (Wildman–Crippen MR) is 110 cm³/mol. The van der Waals surface area contributed by atoms with Crippen LogP contribution >= 0.6 is 23.2 Å². The van der Waals surface area contributed by atoms with Gasteiger partial charge in [0.25, 0.3) is 5.91 Å². The minimum Gasteiger partial charge on any atom is -0.460 e. The summed E-state index contributed by atoms with van der Waals surface area (Å²) < 4.78 is 5.09. The molecule has 0 aromatic heterocycles. The Morgan fingerprint density at radius 2 is 1.79 bits per heavy atom. The fraction of sp³-hybridized carbons (Fsp3) is 0.150. The van der Waals surface area contributed by atoms with E-state index in [2.05, 4.69) is 11.9 Å². The van der Waals surface area contributed by atoms with Crippen LogP contribution in [0.1, 0.15) is 21.5 Å². The maximum absolute atomic E-state index is 12.6. The third kappa shape index (κ3) is 5.84. The van der Waals surface area contributed by atoms with E-state index in [1.54, 1.807) is 30.3 Å². The number of rotatable bonds is 8. The van der Waals surface area contributed by atoms with Gasteiger partial charge in [-0.2, -0.15) is 0 Å². The molecule has 0 aliphatic heterocycles. The lowest BCUT2D eigenvalue weighted by Crippen LogP contribution is -2.43. The SMILES string of the molecule is C=CCOC(=O)[C@@H](Cc1ccc(Cl)c(Cl)c1)NC(=O)c1ccc(C(=N)N)cc1. The molecule has 2 rings (SSSR count). The summed E-state index contributed by atoms with van der Waals surface area (Å²) in [5.74, 6) is -1.16. The number of amides is 1. The van der Waals surface area contributed by atoms with Crippen LogP contribution in [0.25, 0.3) is 0 Å². The molecule has 0 unspecified atom stereocenters. The lowest BCUT2D eigenvalue weighted by atomic mass is 10.0. The zero-order valence-corrected chi connectivity index (χ0v) is 16.4. The third-order valence-corrected chi connectivity index (χ3v) is 4.55. The van der Waals surface area contributed by atoms with Crippen molar-refractivity contribution in [2.24, 2.45) is 5.73 Å². The first kappa shape index (κ1) is 21.5. The number of hydrogen-bond acceptors (Lipinski definition) is 4. The third-order valence-electron chi connectivity index (χ3n) is 3.82. The zero-order chi connectivity index (χ0) is 20.7. The molecule has 0 bridgehead atoms. The van der Waals surface area contributed by atoms with E-state index in [0.29, 0.717) is 26.7 Å². The summed E-state index contributed by atoms with van der Waals surface area (Å²) in [6.45, 7) is 3.53. The fourth-order valence-corrected chi connectivity index (χ4v) is 2.70. The Labute approximate surface area is 172 Å². The van der Waals surface area contributed by atoms with E-state index in [0.717, 1.165) is 0 Å². The molecule has 1 atom stereocenters. The Kier molecular flexibility index (Phi) is 7.61. The highest BCUT2D eigenvalue weighted by molar-refractivity contribution is 6.42. The van der Waals surface area contributed by atoms with E-state index in [1.807, 2.05) is 0 Å². The van der Waals surface area contributed by atoms with Crippen LogP contribution in [-0.4, -0.2) is 30.4 Å². The monoisotopic (exact) mass is 419 g/mol. The summed E-state index contributed by atoms with van der Waals surface area (Å²) in [6, 6.07) is 10.2. The quantitative estimate of drug-likeness (QED) is 0.264. The van der Waals surface area contributed by atoms with E-state index in [4.69, 9.17) is 39.1 Å². The Bertz CT molecular complexity index is 898. The fourth-order valence-electron chi connectivity index (χ4n) is 2.38. The molecule has 0 fully saturated rings. The Hall–Kier alpha value is -2.83. The van der Waals surface area contributed by atoms with Crippen molar-refractivity contribution in [3.05, 3.63) is 81.9 Å². The molecule has 6 nitrogen and oxygen atoms in total. The van der Waals surface area contributed by atoms with Crippen LogP contribution in [0.15, 0.2) is 55.1 Å². The molecule has 1 amide bonds. The maximum atomic E-state index is 12.6. The maximum Gasteiger partial charge on any atom is 0.329 e. The number of benzene rings is 2. The second-order valence-electron chi connectivity index (χ2n) is 5.89. The summed E-state index contributed by atoms with van der Waals surface area (Å²) >= 11 is 11.9. The number of nitrogens with one attached hydrogen (secondary N) is 2. The lowest BCUT2D eigenvalue weighted by Gasteiger charge is -2.18.